The lowest BCUT2D eigenvalue weighted by atomic mass is 9.70. The van der Waals surface area contributed by atoms with Crippen LogP contribution in [0, 0.1) is 46.9 Å². The quantitative estimate of drug-likeness (QED) is 0.127. The minimum Gasteiger partial charge on any atom is -0.432 e. The van der Waals surface area contributed by atoms with Crippen LogP contribution >= 0.6 is 0 Å². The molecule has 47 heavy (non-hydrogen) atoms. The van der Waals surface area contributed by atoms with Crippen LogP contribution in [0.3, 0.4) is 0 Å². The molecular weight excluding hydrogens is 628 g/mol. The SMILES string of the molecule is CCCCCC1CCC(C2CCC(OC(F)(F)c3ccc(C4CCC(C(F)(F)Oc5cc(F)c(F)c(F)c5)CC4)c(F)c3)CC2)CC1. The number of hydrogen-bond donors (Lipinski definition) is 0. The second-order valence-corrected chi connectivity index (χ2v) is 14.1. The summed E-state index contributed by atoms with van der Waals surface area (Å²) in [6.45, 7) is 2.22. The van der Waals surface area contributed by atoms with Crippen molar-refractivity contribution in [3.05, 3.63) is 64.7 Å². The Morgan fingerprint density at radius 3 is 1.85 bits per heavy atom. The molecule has 0 aliphatic heterocycles. The van der Waals surface area contributed by atoms with E-state index in [4.69, 9.17) is 4.74 Å². The lowest BCUT2D eigenvalue weighted by Crippen LogP contribution is -2.37. The van der Waals surface area contributed by atoms with Gasteiger partial charge >= 0.3 is 12.2 Å². The van der Waals surface area contributed by atoms with Crippen molar-refractivity contribution < 1.29 is 44.6 Å². The predicted octanol–water partition coefficient (Wildman–Crippen LogP) is 12.2. The van der Waals surface area contributed by atoms with Crippen LogP contribution in [0.4, 0.5) is 35.1 Å². The first-order valence-electron chi connectivity index (χ1n) is 17.4. The highest BCUT2D eigenvalue weighted by molar-refractivity contribution is 5.30. The summed E-state index contributed by atoms with van der Waals surface area (Å²) in [7, 11) is 0. The molecule has 0 N–H and O–H groups in total. The van der Waals surface area contributed by atoms with Gasteiger partial charge in [-0.2, -0.15) is 17.6 Å². The van der Waals surface area contributed by atoms with Crippen molar-refractivity contribution in [3.63, 3.8) is 0 Å². The van der Waals surface area contributed by atoms with Gasteiger partial charge in [-0.15, -0.1) is 0 Å². The monoisotopic (exact) mass is 674 g/mol. The Bertz CT molecular complexity index is 1290. The van der Waals surface area contributed by atoms with E-state index < -0.39 is 64.7 Å². The van der Waals surface area contributed by atoms with Crippen molar-refractivity contribution in [2.24, 2.45) is 23.7 Å². The van der Waals surface area contributed by atoms with E-state index in [-0.39, 0.29) is 31.2 Å². The maximum absolute atomic E-state index is 15.2. The van der Waals surface area contributed by atoms with Crippen LogP contribution in [0.15, 0.2) is 30.3 Å². The molecule has 10 heteroatoms. The highest BCUT2D eigenvalue weighted by Gasteiger charge is 2.45. The van der Waals surface area contributed by atoms with Crippen molar-refractivity contribution in [1.82, 2.24) is 0 Å². The van der Waals surface area contributed by atoms with Crippen molar-refractivity contribution >= 4 is 0 Å². The zero-order valence-electron chi connectivity index (χ0n) is 27.0. The fourth-order valence-corrected chi connectivity index (χ4v) is 8.20. The maximum atomic E-state index is 15.2. The Balaban J connectivity index is 1.09. The molecule has 3 aliphatic carbocycles. The third-order valence-corrected chi connectivity index (χ3v) is 11.0. The largest absolute Gasteiger partial charge is 0.432 e. The molecule has 0 spiro atoms. The molecular formula is C37H46F8O2. The molecule has 0 aromatic heterocycles. The molecule has 2 aromatic rings. The van der Waals surface area contributed by atoms with E-state index in [0.29, 0.717) is 36.8 Å². The van der Waals surface area contributed by atoms with Gasteiger partial charge in [0.25, 0.3) is 0 Å². The van der Waals surface area contributed by atoms with Gasteiger partial charge < -0.3 is 9.47 Å². The first-order chi connectivity index (χ1) is 22.4. The Morgan fingerprint density at radius 1 is 0.681 bits per heavy atom. The lowest BCUT2D eigenvalue weighted by molar-refractivity contribution is -0.278. The number of halogens is 8. The van der Waals surface area contributed by atoms with E-state index in [9.17, 15) is 22.0 Å². The van der Waals surface area contributed by atoms with Gasteiger partial charge in [0.2, 0.25) is 0 Å². The molecule has 0 unspecified atom stereocenters. The molecule has 0 heterocycles. The van der Waals surface area contributed by atoms with Gasteiger partial charge in [-0.3, -0.25) is 0 Å². The zero-order valence-corrected chi connectivity index (χ0v) is 27.0. The number of alkyl halides is 4. The summed E-state index contributed by atoms with van der Waals surface area (Å²) in [4.78, 5) is 0. The van der Waals surface area contributed by atoms with Crippen molar-refractivity contribution in [3.8, 4) is 5.75 Å². The maximum Gasteiger partial charge on any atom is 0.400 e. The molecule has 2 aromatic carbocycles. The van der Waals surface area contributed by atoms with Crippen molar-refractivity contribution in [1.29, 1.82) is 0 Å². The fourth-order valence-electron chi connectivity index (χ4n) is 8.20. The molecule has 3 fully saturated rings. The highest BCUT2D eigenvalue weighted by Crippen LogP contribution is 2.46. The second-order valence-electron chi connectivity index (χ2n) is 14.1. The highest BCUT2D eigenvalue weighted by atomic mass is 19.3. The molecule has 262 valence electrons. The summed E-state index contributed by atoms with van der Waals surface area (Å²) >= 11 is 0. The van der Waals surface area contributed by atoms with Crippen molar-refractivity contribution in [2.75, 3.05) is 0 Å². The van der Waals surface area contributed by atoms with E-state index in [1.165, 1.54) is 57.4 Å². The molecule has 3 aliphatic rings. The van der Waals surface area contributed by atoms with Gasteiger partial charge in [0.1, 0.15) is 11.6 Å². The lowest BCUT2D eigenvalue weighted by Gasteiger charge is -2.38. The molecule has 0 atom stereocenters. The summed E-state index contributed by atoms with van der Waals surface area (Å²) in [5.41, 5.74) is -0.412. The van der Waals surface area contributed by atoms with Gasteiger partial charge in [-0.05, 0) is 106 Å². The Labute approximate surface area is 272 Å². The Hall–Kier alpha value is -2.36. The van der Waals surface area contributed by atoms with Crippen LogP contribution in [-0.2, 0) is 10.8 Å². The predicted molar refractivity (Wildman–Crippen MR) is 163 cm³/mol. The normalized spacial score (nSPS) is 27.5. The third kappa shape index (κ3) is 9.01. The fraction of sp³-hybridized carbons (Fsp3) is 0.676. The van der Waals surface area contributed by atoms with E-state index >= 15 is 13.2 Å². The van der Waals surface area contributed by atoms with E-state index in [1.807, 2.05) is 0 Å². The minimum absolute atomic E-state index is 0.104. The van der Waals surface area contributed by atoms with Crippen LogP contribution in [0.1, 0.15) is 127 Å². The van der Waals surface area contributed by atoms with Crippen LogP contribution < -0.4 is 4.74 Å². The van der Waals surface area contributed by atoms with Gasteiger partial charge in [-0.1, -0.05) is 51.5 Å². The van der Waals surface area contributed by atoms with Crippen LogP contribution in [0.25, 0.3) is 0 Å². The summed E-state index contributed by atoms with van der Waals surface area (Å²) in [5.74, 6) is -6.55. The van der Waals surface area contributed by atoms with E-state index in [1.54, 1.807) is 0 Å². The molecule has 0 saturated heterocycles. The summed E-state index contributed by atoms with van der Waals surface area (Å²) in [6.07, 6.45) is 4.98. The van der Waals surface area contributed by atoms with Crippen LogP contribution in [0.2, 0.25) is 0 Å². The van der Waals surface area contributed by atoms with Gasteiger partial charge in [0.15, 0.2) is 17.5 Å². The summed E-state index contributed by atoms with van der Waals surface area (Å²) in [6, 6.07) is 3.90. The molecule has 3 saturated carbocycles. The first kappa shape index (κ1) is 35.9. The molecule has 5 rings (SSSR count). The molecule has 0 bridgehead atoms. The van der Waals surface area contributed by atoms with Crippen LogP contribution in [0.5, 0.6) is 5.75 Å². The number of benzene rings is 2. The minimum atomic E-state index is -3.81. The molecule has 0 amide bonds. The average molecular weight is 675 g/mol. The van der Waals surface area contributed by atoms with Crippen LogP contribution in [-0.4, -0.2) is 12.2 Å². The second kappa shape index (κ2) is 15.5. The van der Waals surface area contributed by atoms with E-state index in [0.717, 1.165) is 30.9 Å². The Kier molecular flexibility index (Phi) is 11.8. The third-order valence-electron chi connectivity index (χ3n) is 11.0. The van der Waals surface area contributed by atoms with Gasteiger partial charge in [0.05, 0.1) is 17.6 Å². The van der Waals surface area contributed by atoms with Gasteiger partial charge in [-0.25, -0.2) is 17.6 Å². The standard InChI is InChI=1S/C37H46F8O2/c1-2-3-4-5-23-6-8-24(9-7-23)25-12-17-29(18-13-25)46-37(44,45)28-16-19-31(32(38)20-28)26-10-14-27(15-11-26)36(42,43)47-30-21-33(39)35(41)34(40)22-30/h16,19-27,29H,2-15,17-18H2,1H3. The molecule has 2 nitrogen and oxygen atoms in total. The summed E-state index contributed by atoms with van der Waals surface area (Å²) < 4.78 is 125. The zero-order chi connectivity index (χ0) is 33.8. The van der Waals surface area contributed by atoms with Gasteiger partial charge in [0, 0.05) is 12.1 Å². The smallest absolute Gasteiger partial charge is 0.400 e. The molecule has 0 radical (unpaired) electrons. The number of rotatable bonds is 12. The van der Waals surface area contributed by atoms with E-state index in [2.05, 4.69) is 11.7 Å². The Morgan fingerprint density at radius 2 is 1.28 bits per heavy atom. The topological polar surface area (TPSA) is 18.5 Å². The number of hydrogen-bond acceptors (Lipinski definition) is 2. The number of unbranched alkanes of at least 4 members (excludes halogenated alkanes) is 2. The first-order valence-corrected chi connectivity index (χ1v) is 17.4. The number of ether oxygens (including phenoxy) is 2. The summed E-state index contributed by atoms with van der Waals surface area (Å²) in [5, 5.41) is 0. The van der Waals surface area contributed by atoms with Crippen molar-refractivity contribution in [2.45, 2.75) is 134 Å². The average Bonchev–Trinajstić information content (AvgIpc) is 3.04.